The second-order valence-electron chi connectivity index (χ2n) is 7.61. The summed E-state index contributed by atoms with van der Waals surface area (Å²) in [5, 5.41) is 23.6. The third-order valence-electron chi connectivity index (χ3n) is 5.37. The Bertz CT molecular complexity index is 531. The molecule has 0 saturated heterocycles. The van der Waals surface area contributed by atoms with E-state index >= 15 is 0 Å². The van der Waals surface area contributed by atoms with Crippen molar-refractivity contribution in [2.45, 2.75) is 58.1 Å². The summed E-state index contributed by atoms with van der Waals surface area (Å²) in [6, 6.07) is 9.35. The molecule has 1 aromatic carbocycles. The lowest BCUT2D eigenvalue weighted by molar-refractivity contribution is -0.156. The predicted molar refractivity (Wildman–Crippen MR) is 95.3 cm³/mol. The summed E-state index contributed by atoms with van der Waals surface area (Å²) in [5.41, 5.74) is -0.373. The van der Waals surface area contributed by atoms with E-state index in [1.54, 1.807) is 0 Å². The molecule has 0 aliphatic heterocycles. The first-order valence-corrected chi connectivity index (χ1v) is 9.07. The van der Waals surface area contributed by atoms with Crippen molar-refractivity contribution in [2.24, 2.45) is 17.8 Å². The highest BCUT2D eigenvalue weighted by Gasteiger charge is 2.48. The van der Waals surface area contributed by atoms with Gasteiger partial charge < -0.3 is 15.5 Å². The van der Waals surface area contributed by atoms with Crippen LogP contribution >= 0.6 is 0 Å². The average Bonchev–Trinajstić information content (AvgIpc) is 2.54. The molecule has 1 aromatic rings. The van der Waals surface area contributed by atoms with Crippen molar-refractivity contribution in [1.29, 1.82) is 0 Å². The standard InChI is InChI=1S/C20H31NO3/c1-14(2)17-10-9-15(3)13-20(17,24)19(23)21-18(11-12-22)16-7-5-4-6-8-16/h4-8,14-15,17-18,22,24H,9-13H2,1-3H3,(H,21,23)/t15-,17+,18?,20+/m1/s1. The number of amides is 1. The molecule has 0 spiro atoms. The minimum absolute atomic E-state index is 0.0116. The summed E-state index contributed by atoms with van der Waals surface area (Å²) in [4.78, 5) is 13.0. The topological polar surface area (TPSA) is 69.6 Å². The fourth-order valence-corrected chi connectivity index (χ4v) is 4.05. The van der Waals surface area contributed by atoms with Crippen LogP contribution in [0.1, 0.15) is 58.1 Å². The molecule has 1 aliphatic carbocycles. The molecule has 0 heterocycles. The minimum atomic E-state index is -1.33. The van der Waals surface area contributed by atoms with E-state index < -0.39 is 5.60 Å². The van der Waals surface area contributed by atoms with Gasteiger partial charge in [0.25, 0.3) is 5.91 Å². The minimum Gasteiger partial charge on any atom is -0.396 e. The van der Waals surface area contributed by atoms with E-state index in [0.29, 0.717) is 18.8 Å². The summed E-state index contributed by atoms with van der Waals surface area (Å²) in [7, 11) is 0. The number of aliphatic hydroxyl groups is 2. The zero-order valence-corrected chi connectivity index (χ0v) is 15.0. The Labute approximate surface area is 145 Å². The van der Waals surface area contributed by atoms with Gasteiger partial charge in [0.15, 0.2) is 0 Å². The first-order valence-electron chi connectivity index (χ1n) is 9.07. The number of hydrogen-bond donors (Lipinski definition) is 3. The average molecular weight is 333 g/mol. The van der Waals surface area contributed by atoms with Gasteiger partial charge in [-0.2, -0.15) is 0 Å². The van der Waals surface area contributed by atoms with E-state index in [-0.39, 0.29) is 30.4 Å². The third kappa shape index (κ3) is 4.17. The maximum Gasteiger partial charge on any atom is 0.252 e. The van der Waals surface area contributed by atoms with Gasteiger partial charge in [-0.3, -0.25) is 4.79 Å². The highest BCUT2D eigenvalue weighted by molar-refractivity contribution is 5.86. The Hall–Kier alpha value is -1.39. The molecular formula is C20H31NO3. The zero-order valence-electron chi connectivity index (χ0n) is 15.0. The fraction of sp³-hybridized carbons (Fsp3) is 0.650. The largest absolute Gasteiger partial charge is 0.396 e. The van der Waals surface area contributed by atoms with Gasteiger partial charge in [0, 0.05) is 6.61 Å². The van der Waals surface area contributed by atoms with Crippen molar-refractivity contribution in [3.05, 3.63) is 35.9 Å². The molecule has 1 aliphatic rings. The zero-order chi connectivity index (χ0) is 17.7. The van der Waals surface area contributed by atoms with Gasteiger partial charge in [-0.15, -0.1) is 0 Å². The van der Waals surface area contributed by atoms with Crippen LogP contribution in [0, 0.1) is 17.8 Å². The monoisotopic (exact) mass is 333 g/mol. The summed E-state index contributed by atoms with van der Waals surface area (Å²) in [6.45, 7) is 6.22. The molecule has 1 saturated carbocycles. The van der Waals surface area contributed by atoms with Gasteiger partial charge >= 0.3 is 0 Å². The second-order valence-corrected chi connectivity index (χ2v) is 7.61. The molecule has 1 unspecified atom stereocenters. The Kier molecular flexibility index (Phi) is 6.41. The second kappa shape index (κ2) is 8.13. The van der Waals surface area contributed by atoms with Crippen LogP contribution in [0.5, 0.6) is 0 Å². The number of hydrogen-bond acceptors (Lipinski definition) is 3. The fourth-order valence-electron chi connectivity index (χ4n) is 4.05. The first kappa shape index (κ1) is 18.9. The lowest BCUT2D eigenvalue weighted by atomic mass is 9.66. The molecule has 24 heavy (non-hydrogen) atoms. The number of benzene rings is 1. The van der Waals surface area contributed by atoms with Crippen molar-refractivity contribution in [1.82, 2.24) is 5.32 Å². The maximum absolute atomic E-state index is 13.0. The van der Waals surface area contributed by atoms with Crippen LogP contribution < -0.4 is 5.32 Å². The Morgan fingerprint density at radius 3 is 2.54 bits per heavy atom. The number of nitrogens with one attached hydrogen (secondary N) is 1. The highest BCUT2D eigenvalue weighted by atomic mass is 16.3. The van der Waals surface area contributed by atoms with Gasteiger partial charge in [0.1, 0.15) is 5.60 Å². The lowest BCUT2D eigenvalue weighted by Gasteiger charge is -2.44. The van der Waals surface area contributed by atoms with E-state index in [4.69, 9.17) is 0 Å². The van der Waals surface area contributed by atoms with Gasteiger partial charge in [0.2, 0.25) is 0 Å². The number of aliphatic hydroxyl groups excluding tert-OH is 1. The van der Waals surface area contributed by atoms with Crippen LogP contribution in [0.2, 0.25) is 0 Å². The highest BCUT2D eigenvalue weighted by Crippen LogP contribution is 2.41. The summed E-state index contributed by atoms with van der Waals surface area (Å²) in [6.07, 6.45) is 2.87. The molecule has 4 nitrogen and oxygen atoms in total. The van der Waals surface area contributed by atoms with E-state index in [9.17, 15) is 15.0 Å². The molecule has 2 rings (SSSR count). The van der Waals surface area contributed by atoms with Gasteiger partial charge in [-0.05, 0) is 42.6 Å². The van der Waals surface area contributed by atoms with Crippen molar-refractivity contribution < 1.29 is 15.0 Å². The lowest BCUT2D eigenvalue weighted by Crippen LogP contribution is -2.56. The van der Waals surface area contributed by atoms with Crippen molar-refractivity contribution in [3.8, 4) is 0 Å². The summed E-state index contributed by atoms with van der Waals surface area (Å²) < 4.78 is 0. The van der Waals surface area contributed by atoms with E-state index in [2.05, 4.69) is 26.1 Å². The quantitative estimate of drug-likeness (QED) is 0.749. The number of rotatable bonds is 6. The smallest absolute Gasteiger partial charge is 0.252 e. The normalized spacial score (nSPS) is 28.6. The van der Waals surface area contributed by atoms with Crippen molar-refractivity contribution in [3.63, 3.8) is 0 Å². The molecule has 4 atom stereocenters. The van der Waals surface area contributed by atoms with Crippen LogP contribution in [0.25, 0.3) is 0 Å². The Morgan fingerprint density at radius 2 is 1.96 bits per heavy atom. The van der Waals surface area contributed by atoms with Gasteiger partial charge in [-0.25, -0.2) is 0 Å². The molecule has 1 amide bonds. The van der Waals surface area contributed by atoms with E-state index in [0.717, 1.165) is 18.4 Å². The molecular weight excluding hydrogens is 302 g/mol. The predicted octanol–water partition coefficient (Wildman–Crippen LogP) is 3.05. The Morgan fingerprint density at radius 1 is 1.29 bits per heavy atom. The third-order valence-corrected chi connectivity index (χ3v) is 5.37. The summed E-state index contributed by atoms with van der Waals surface area (Å²) >= 11 is 0. The molecule has 4 heteroatoms. The van der Waals surface area contributed by atoms with Gasteiger partial charge in [0.05, 0.1) is 6.04 Å². The molecule has 0 bridgehead atoms. The van der Waals surface area contributed by atoms with Gasteiger partial charge in [-0.1, -0.05) is 57.5 Å². The molecule has 3 N–H and O–H groups in total. The molecule has 0 radical (unpaired) electrons. The van der Waals surface area contributed by atoms with E-state index in [1.807, 2.05) is 30.3 Å². The molecule has 1 fully saturated rings. The van der Waals surface area contributed by atoms with Crippen LogP contribution in [-0.2, 0) is 4.79 Å². The maximum atomic E-state index is 13.0. The van der Waals surface area contributed by atoms with Crippen LogP contribution in [-0.4, -0.2) is 28.3 Å². The Balaban J connectivity index is 2.20. The molecule has 134 valence electrons. The summed E-state index contributed by atoms with van der Waals surface area (Å²) in [5.74, 6) is 0.263. The number of carbonyl (C=O) groups excluding carboxylic acids is 1. The van der Waals surface area contributed by atoms with Crippen LogP contribution in [0.3, 0.4) is 0 Å². The SMILES string of the molecule is CC(C)[C@@H]1CC[C@@H](C)C[C@@]1(O)C(=O)NC(CCO)c1ccccc1. The number of carbonyl (C=O) groups is 1. The van der Waals surface area contributed by atoms with Crippen LogP contribution in [0.15, 0.2) is 30.3 Å². The van der Waals surface area contributed by atoms with E-state index in [1.165, 1.54) is 0 Å². The van der Waals surface area contributed by atoms with Crippen molar-refractivity contribution in [2.75, 3.05) is 6.61 Å². The first-order chi connectivity index (χ1) is 11.4. The molecule has 0 aromatic heterocycles. The van der Waals surface area contributed by atoms with Crippen LogP contribution in [0.4, 0.5) is 0 Å². The van der Waals surface area contributed by atoms with Crippen molar-refractivity contribution >= 4 is 5.91 Å².